The Bertz CT molecular complexity index is 343. The van der Waals surface area contributed by atoms with Crippen LogP contribution < -0.4 is 5.73 Å². The molecule has 0 saturated heterocycles. The summed E-state index contributed by atoms with van der Waals surface area (Å²) in [5, 5.41) is 0. The van der Waals surface area contributed by atoms with Crippen molar-refractivity contribution in [3.05, 3.63) is 18.2 Å². The van der Waals surface area contributed by atoms with Gasteiger partial charge in [-0.2, -0.15) is 0 Å². The first kappa shape index (κ1) is 8.34. The molecule has 4 nitrogen and oxygen atoms in total. The van der Waals surface area contributed by atoms with E-state index >= 15 is 0 Å². The number of imidazole rings is 1. The maximum atomic E-state index is 10.3. The van der Waals surface area contributed by atoms with Crippen molar-refractivity contribution in [2.45, 2.75) is 6.42 Å². The van der Waals surface area contributed by atoms with Crippen molar-refractivity contribution < 1.29 is 4.79 Å². The highest BCUT2D eigenvalue weighted by Crippen LogP contribution is 1.91. The molecule has 4 heteroatoms. The Labute approximate surface area is 70.4 Å². The van der Waals surface area contributed by atoms with Gasteiger partial charge in [-0.05, 0) is 5.92 Å². The van der Waals surface area contributed by atoms with Crippen LogP contribution in [0.1, 0.15) is 12.1 Å². The minimum absolute atomic E-state index is 0.0885. The van der Waals surface area contributed by atoms with Gasteiger partial charge in [0.2, 0.25) is 5.91 Å². The van der Waals surface area contributed by atoms with Gasteiger partial charge in [-0.3, -0.25) is 4.79 Å². The number of hydrogen-bond acceptors (Lipinski definition) is 2. The van der Waals surface area contributed by atoms with E-state index in [-0.39, 0.29) is 6.42 Å². The van der Waals surface area contributed by atoms with E-state index in [0.29, 0.717) is 0 Å². The summed E-state index contributed by atoms with van der Waals surface area (Å²) in [4.78, 5) is 14.2. The molecule has 0 unspecified atom stereocenters. The van der Waals surface area contributed by atoms with Gasteiger partial charge in [-0.1, -0.05) is 5.92 Å². The van der Waals surface area contributed by atoms with Crippen LogP contribution in [-0.4, -0.2) is 15.5 Å². The standard InChI is InChI=1S/C8H9N3O/c1-11-6-10-5-7(11)3-2-4-8(9)12/h5-6H,4H2,1H3,(H2,9,12). The molecule has 0 aliphatic rings. The summed E-state index contributed by atoms with van der Waals surface area (Å²) < 4.78 is 1.77. The molecule has 1 aromatic heterocycles. The number of nitrogens with zero attached hydrogens (tertiary/aromatic N) is 2. The first-order valence-corrected chi connectivity index (χ1v) is 3.43. The zero-order valence-electron chi connectivity index (χ0n) is 6.74. The highest BCUT2D eigenvalue weighted by atomic mass is 16.1. The average Bonchev–Trinajstić information content (AvgIpc) is 2.36. The second-order valence-corrected chi connectivity index (χ2v) is 2.33. The van der Waals surface area contributed by atoms with Crippen LogP contribution >= 0.6 is 0 Å². The number of carbonyl (C=O) groups excluding carboxylic acids is 1. The fourth-order valence-electron chi connectivity index (χ4n) is 0.700. The lowest BCUT2D eigenvalue weighted by Crippen LogP contribution is -2.08. The highest BCUT2D eigenvalue weighted by molar-refractivity contribution is 5.76. The Morgan fingerprint density at radius 1 is 1.83 bits per heavy atom. The summed E-state index contributed by atoms with van der Waals surface area (Å²) >= 11 is 0. The monoisotopic (exact) mass is 163 g/mol. The van der Waals surface area contributed by atoms with Crippen LogP contribution in [0.15, 0.2) is 12.5 Å². The molecule has 62 valence electrons. The van der Waals surface area contributed by atoms with E-state index in [1.807, 2.05) is 7.05 Å². The molecule has 0 aromatic carbocycles. The normalized spacial score (nSPS) is 8.75. The molecule has 1 aromatic rings. The van der Waals surface area contributed by atoms with Crippen molar-refractivity contribution in [1.29, 1.82) is 0 Å². The fourth-order valence-corrected chi connectivity index (χ4v) is 0.700. The molecule has 0 fully saturated rings. The summed E-state index contributed by atoms with van der Waals surface area (Å²) in [5.74, 6) is 5.00. The van der Waals surface area contributed by atoms with Gasteiger partial charge in [0.25, 0.3) is 0 Å². The summed E-state index contributed by atoms with van der Waals surface area (Å²) in [6.45, 7) is 0. The predicted octanol–water partition coefficient (Wildman–Crippen LogP) is -0.353. The van der Waals surface area contributed by atoms with Crippen LogP contribution in [0.2, 0.25) is 0 Å². The molecule has 0 bridgehead atoms. The maximum Gasteiger partial charge on any atom is 0.229 e. The number of amides is 1. The van der Waals surface area contributed by atoms with Gasteiger partial charge in [0.05, 0.1) is 18.9 Å². The minimum Gasteiger partial charge on any atom is -0.369 e. The van der Waals surface area contributed by atoms with Gasteiger partial charge in [0.1, 0.15) is 5.69 Å². The number of hydrogen-bond donors (Lipinski definition) is 1. The van der Waals surface area contributed by atoms with E-state index < -0.39 is 5.91 Å². The molecule has 12 heavy (non-hydrogen) atoms. The van der Waals surface area contributed by atoms with Crippen molar-refractivity contribution in [1.82, 2.24) is 9.55 Å². The summed E-state index contributed by atoms with van der Waals surface area (Å²) in [5.41, 5.74) is 5.68. The molecule has 0 aliphatic heterocycles. The third kappa shape index (κ3) is 2.13. The molecule has 2 N–H and O–H groups in total. The molecule has 0 aliphatic carbocycles. The van der Waals surface area contributed by atoms with Crippen LogP contribution in [0.5, 0.6) is 0 Å². The molecule has 0 radical (unpaired) electrons. The molecule has 0 saturated carbocycles. The Morgan fingerprint density at radius 2 is 2.58 bits per heavy atom. The largest absolute Gasteiger partial charge is 0.369 e. The fraction of sp³-hybridized carbons (Fsp3) is 0.250. The van der Waals surface area contributed by atoms with Crippen molar-refractivity contribution in [2.75, 3.05) is 0 Å². The van der Waals surface area contributed by atoms with Gasteiger partial charge in [0.15, 0.2) is 0 Å². The lowest BCUT2D eigenvalue weighted by molar-refractivity contribution is -0.117. The van der Waals surface area contributed by atoms with Gasteiger partial charge in [-0.25, -0.2) is 4.98 Å². The van der Waals surface area contributed by atoms with Crippen molar-refractivity contribution in [2.24, 2.45) is 12.8 Å². The Morgan fingerprint density at radius 3 is 3.08 bits per heavy atom. The van der Waals surface area contributed by atoms with E-state index in [0.717, 1.165) is 5.69 Å². The molecule has 0 spiro atoms. The number of aromatic nitrogens is 2. The number of carbonyl (C=O) groups is 1. The van der Waals surface area contributed by atoms with E-state index in [2.05, 4.69) is 16.8 Å². The van der Waals surface area contributed by atoms with E-state index in [1.165, 1.54) is 0 Å². The number of aryl methyl sites for hydroxylation is 1. The molecular weight excluding hydrogens is 154 g/mol. The second-order valence-electron chi connectivity index (χ2n) is 2.33. The number of primary amides is 1. The lowest BCUT2D eigenvalue weighted by atomic mass is 10.4. The average molecular weight is 163 g/mol. The zero-order chi connectivity index (χ0) is 8.97. The number of nitrogens with two attached hydrogens (primary N) is 1. The summed E-state index contributed by atoms with van der Waals surface area (Å²) in [6.07, 6.45) is 3.37. The summed E-state index contributed by atoms with van der Waals surface area (Å²) in [6, 6.07) is 0. The minimum atomic E-state index is -0.412. The highest BCUT2D eigenvalue weighted by Gasteiger charge is 1.91. The Balaban J connectivity index is 2.67. The molecule has 1 heterocycles. The third-order valence-corrected chi connectivity index (χ3v) is 1.30. The first-order valence-electron chi connectivity index (χ1n) is 3.43. The van der Waals surface area contributed by atoms with Crippen LogP contribution in [0.3, 0.4) is 0 Å². The molecular formula is C8H9N3O. The summed E-state index contributed by atoms with van der Waals surface area (Å²) in [7, 11) is 1.83. The van der Waals surface area contributed by atoms with Crippen LogP contribution in [0.4, 0.5) is 0 Å². The van der Waals surface area contributed by atoms with E-state index in [1.54, 1.807) is 17.1 Å². The topological polar surface area (TPSA) is 60.9 Å². The van der Waals surface area contributed by atoms with Gasteiger partial charge >= 0.3 is 0 Å². The SMILES string of the molecule is Cn1cncc1C#CCC(N)=O. The predicted molar refractivity (Wildman–Crippen MR) is 43.9 cm³/mol. The van der Waals surface area contributed by atoms with Crippen LogP contribution in [0.25, 0.3) is 0 Å². The van der Waals surface area contributed by atoms with Crippen molar-refractivity contribution >= 4 is 5.91 Å². The molecule has 0 atom stereocenters. The smallest absolute Gasteiger partial charge is 0.229 e. The number of rotatable bonds is 1. The van der Waals surface area contributed by atoms with Gasteiger partial charge < -0.3 is 10.3 Å². The maximum absolute atomic E-state index is 10.3. The van der Waals surface area contributed by atoms with E-state index in [9.17, 15) is 4.79 Å². The molecule has 1 amide bonds. The first-order chi connectivity index (χ1) is 5.70. The van der Waals surface area contributed by atoms with Crippen LogP contribution in [-0.2, 0) is 11.8 Å². The molecule has 1 rings (SSSR count). The van der Waals surface area contributed by atoms with Gasteiger partial charge in [-0.15, -0.1) is 0 Å². The second kappa shape index (κ2) is 3.58. The Kier molecular flexibility index (Phi) is 2.49. The van der Waals surface area contributed by atoms with Crippen molar-refractivity contribution in [3.63, 3.8) is 0 Å². The van der Waals surface area contributed by atoms with Gasteiger partial charge in [0, 0.05) is 7.05 Å². The van der Waals surface area contributed by atoms with Crippen LogP contribution in [0, 0.1) is 11.8 Å². The quantitative estimate of drug-likeness (QED) is 0.575. The van der Waals surface area contributed by atoms with E-state index in [4.69, 9.17) is 5.73 Å². The lowest BCUT2D eigenvalue weighted by Gasteiger charge is -1.88. The zero-order valence-corrected chi connectivity index (χ0v) is 6.74. The van der Waals surface area contributed by atoms with Crippen molar-refractivity contribution in [3.8, 4) is 11.8 Å². The Hall–Kier alpha value is -1.76. The third-order valence-electron chi connectivity index (χ3n) is 1.30.